The van der Waals surface area contributed by atoms with Gasteiger partial charge in [-0.25, -0.2) is 9.97 Å². The van der Waals surface area contributed by atoms with Gasteiger partial charge in [-0.3, -0.25) is 0 Å². The Balaban J connectivity index is 2.20. The second kappa shape index (κ2) is 5.94. The average molecular weight is 263 g/mol. The largest absolute Gasteiger partial charge is 0.378 e. The SMILES string of the molecule is COCc1cc(Cl)nc(Cc2ccc(C)cc2)n1. The Bertz CT molecular complexity index is 526. The minimum Gasteiger partial charge on any atom is -0.378 e. The fraction of sp³-hybridized carbons (Fsp3) is 0.286. The Hall–Kier alpha value is -1.45. The van der Waals surface area contributed by atoms with Crippen molar-refractivity contribution in [2.75, 3.05) is 7.11 Å². The predicted octanol–water partition coefficient (Wildman–Crippen LogP) is 3.18. The molecular formula is C14H15ClN2O. The molecule has 0 amide bonds. The lowest BCUT2D eigenvalue weighted by Gasteiger charge is -2.05. The molecule has 1 aromatic heterocycles. The molecule has 1 heterocycles. The molecule has 0 aliphatic heterocycles. The summed E-state index contributed by atoms with van der Waals surface area (Å²) < 4.78 is 5.05. The van der Waals surface area contributed by atoms with Crippen LogP contribution in [-0.2, 0) is 17.8 Å². The summed E-state index contributed by atoms with van der Waals surface area (Å²) in [6.45, 7) is 2.51. The number of rotatable bonds is 4. The zero-order chi connectivity index (χ0) is 13.0. The van der Waals surface area contributed by atoms with Crippen molar-refractivity contribution < 1.29 is 4.74 Å². The highest BCUT2D eigenvalue weighted by molar-refractivity contribution is 6.29. The molecule has 94 valence electrons. The Kier molecular flexibility index (Phi) is 4.28. The first-order valence-electron chi connectivity index (χ1n) is 5.74. The number of hydrogen-bond donors (Lipinski definition) is 0. The van der Waals surface area contributed by atoms with E-state index in [0.717, 1.165) is 11.5 Å². The van der Waals surface area contributed by atoms with E-state index in [1.165, 1.54) is 11.1 Å². The molecule has 3 nitrogen and oxygen atoms in total. The van der Waals surface area contributed by atoms with Crippen LogP contribution in [0.4, 0.5) is 0 Å². The zero-order valence-electron chi connectivity index (χ0n) is 10.5. The molecular weight excluding hydrogens is 248 g/mol. The van der Waals surface area contributed by atoms with E-state index in [1.54, 1.807) is 13.2 Å². The highest BCUT2D eigenvalue weighted by Crippen LogP contribution is 2.12. The summed E-state index contributed by atoms with van der Waals surface area (Å²) in [4.78, 5) is 8.65. The van der Waals surface area contributed by atoms with Crippen LogP contribution in [0.2, 0.25) is 5.15 Å². The number of nitrogens with zero attached hydrogens (tertiary/aromatic N) is 2. The van der Waals surface area contributed by atoms with Gasteiger partial charge in [0, 0.05) is 13.5 Å². The quantitative estimate of drug-likeness (QED) is 0.794. The lowest BCUT2D eigenvalue weighted by atomic mass is 10.1. The van der Waals surface area contributed by atoms with Gasteiger partial charge in [-0.05, 0) is 18.6 Å². The van der Waals surface area contributed by atoms with Gasteiger partial charge < -0.3 is 4.74 Å². The van der Waals surface area contributed by atoms with Crippen molar-refractivity contribution in [3.05, 3.63) is 58.1 Å². The molecule has 0 N–H and O–H groups in total. The molecule has 0 saturated heterocycles. The second-order valence-corrected chi connectivity index (χ2v) is 4.58. The van der Waals surface area contributed by atoms with Crippen LogP contribution in [-0.4, -0.2) is 17.1 Å². The molecule has 18 heavy (non-hydrogen) atoms. The van der Waals surface area contributed by atoms with E-state index in [0.29, 0.717) is 18.2 Å². The Morgan fingerprint density at radius 2 is 1.89 bits per heavy atom. The molecule has 4 heteroatoms. The summed E-state index contributed by atoms with van der Waals surface area (Å²) in [6, 6.07) is 10.0. The predicted molar refractivity (Wildman–Crippen MR) is 71.7 cm³/mol. The van der Waals surface area contributed by atoms with Crippen LogP contribution >= 0.6 is 11.6 Å². The van der Waals surface area contributed by atoms with Gasteiger partial charge in [0.05, 0.1) is 12.3 Å². The van der Waals surface area contributed by atoms with Gasteiger partial charge in [-0.2, -0.15) is 0 Å². The molecule has 0 unspecified atom stereocenters. The van der Waals surface area contributed by atoms with Crippen LogP contribution in [0.3, 0.4) is 0 Å². The fourth-order valence-electron chi connectivity index (χ4n) is 1.71. The van der Waals surface area contributed by atoms with Crippen LogP contribution in [0, 0.1) is 6.92 Å². The summed E-state index contributed by atoms with van der Waals surface area (Å²) in [5.74, 6) is 0.721. The van der Waals surface area contributed by atoms with Gasteiger partial charge in [-0.1, -0.05) is 41.4 Å². The number of benzene rings is 1. The van der Waals surface area contributed by atoms with Crippen LogP contribution in [0.1, 0.15) is 22.6 Å². The minimum atomic E-state index is 0.448. The summed E-state index contributed by atoms with van der Waals surface area (Å²) in [5.41, 5.74) is 3.22. The first kappa shape index (κ1) is 13.0. The maximum absolute atomic E-state index is 5.97. The molecule has 0 spiro atoms. The van der Waals surface area contributed by atoms with Crippen LogP contribution < -0.4 is 0 Å². The normalized spacial score (nSPS) is 10.6. The molecule has 0 aliphatic rings. The average Bonchev–Trinajstić information content (AvgIpc) is 2.32. The number of aromatic nitrogens is 2. The smallest absolute Gasteiger partial charge is 0.134 e. The van der Waals surface area contributed by atoms with Crippen LogP contribution in [0.25, 0.3) is 0 Å². The molecule has 2 rings (SSSR count). The van der Waals surface area contributed by atoms with Gasteiger partial charge >= 0.3 is 0 Å². The van der Waals surface area contributed by atoms with Gasteiger partial charge in [-0.15, -0.1) is 0 Å². The van der Waals surface area contributed by atoms with Crippen LogP contribution in [0.5, 0.6) is 0 Å². The third-order valence-corrected chi connectivity index (χ3v) is 2.76. The van der Waals surface area contributed by atoms with Crippen molar-refractivity contribution in [3.8, 4) is 0 Å². The second-order valence-electron chi connectivity index (χ2n) is 4.19. The molecule has 2 aromatic rings. The third kappa shape index (κ3) is 3.52. The van der Waals surface area contributed by atoms with Gasteiger partial charge in [0.25, 0.3) is 0 Å². The standard InChI is InChI=1S/C14H15ClN2O/c1-10-3-5-11(6-4-10)7-14-16-12(9-18-2)8-13(15)17-14/h3-6,8H,7,9H2,1-2H3. The minimum absolute atomic E-state index is 0.448. The van der Waals surface area contributed by atoms with Crippen molar-refractivity contribution in [1.82, 2.24) is 9.97 Å². The zero-order valence-corrected chi connectivity index (χ0v) is 11.2. The lowest BCUT2D eigenvalue weighted by molar-refractivity contribution is 0.181. The molecule has 0 radical (unpaired) electrons. The highest BCUT2D eigenvalue weighted by Gasteiger charge is 2.04. The monoisotopic (exact) mass is 262 g/mol. The molecule has 0 saturated carbocycles. The molecule has 0 fully saturated rings. The topological polar surface area (TPSA) is 35.0 Å². The number of methoxy groups -OCH3 is 1. The van der Waals surface area contributed by atoms with Gasteiger partial charge in [0.1, 0.15) is 11.0 Å². The van der Waals surface area contributed by atoms with Crippen LogP contribution in [0.15, 0.2) is 30.3 Å². The highest BCUT2D eigenvalue weighted by atomic mass is 35.5. The van der Waals surface area contributed by atoms with E-state index >= 15 is 0 Å². The Morgan fingerprint density at radius 3 is 2.56 bits per heavy atom. The van der Waals surface area contributed by atoms with Crippen molar-refractivity contribution >= 4 is 11.6 Å². The van der Waals surface area contributed by atoms with E-state index in [2.05, 4.69) is 41.2 Å². The van der Waals surface area contributed by atoms with Crippen molar-refractivity contribution in [2.24, 2.45) is 0 Å². The Labute approximate surface area is 112 Å². The lowest BCUT2D eigenvalue weighted by Crippen LogP contribution is -2.02. The maximum Gasteiger partial charge on any atom is 0.134 e. The Morgan fingerprint density at radius 1 is 1.17 bits per heavy atom. The van der Waals surface area contributed by atoms with Gasteiger partial charge in [0.15, 0.2) is 0 Å². The molecule has 0 atom stereocenters. The summed E-state index contributed by atoms with van der Waals surface area (Å²) in [6.07, 6.45) is 0.678. The number of halogens is 1. The van der Waals surface area contributed by atoms with Gasteiger partial charge in [0.2, 0.25) is 0 Å². The van der Waals surface area contributed by atoms with E-state index < -0.39 is 0 Å². The fourth-order valence-corrected chi connectivity index (χ4v) is 1.93. The van der Waals surface area contributed by atoms with Crippen molar-refractivity contribution in [3.63, 3.8) is 0 Å². The summed E-state index contributed by atoms with van der Waals surface area (Å²) in [5, 5.41) is 0.458. The number of aryl methyl sites for hydroxylation is 1. The van der Waals surface area contributed by atoms with Crippen molar-refractivity contribution in [1.29, 1.82) is 0 Å². The van der Waals surface area contributed by atoms with E-state index in [1.807, 2.05) is 0 Å². The van der Waals surface area contributed by atoms with E-state index in [4.69, 9.17) is 16.3 Å². The molecule has 1 aromatic carbocycles. The molecule has 0 bridgehead atoms. The van der Waals surface area contributed by atoms with Crippen molar-refractivity contribution in [2.45, 2.75) is 20.0 Å². The summed E-state index contributed by atoms with van der Waals surface area (Å²) in [7, 11) is 1.63. The third-order valence-electron chi connectivity index (χ3n) is 2.57. The maximum atomic E-state index is 5.97. The number of ether oxygens (including phenoxy) is 1. The first-order chi connectivity index (χ1) is 8.67. The van der Waals surface area contributed by atoms with E-state index in [-0.39, 0.29) is 0 Å². The first-order valence-corrected chi connectivity index (χ1v) is 6.12. The molecule has 0 aliphatic carbocycles. The summed E-state index contributed by atoms with van der Waals surface area (Å²) >= 11 is 5.97. The van der Waals surface area contributed by atoms with E-state index in [9.17, 15) is 0 Å². The number of hydrogen-bond acceptors (Lipinski definition) is 3.